The number of rotatable bonds is 9. The molecule has 132 valence electrons. The Morgan fingerprint density at radius 2 is 1.96 bits per heavy atom. The van der Waals surface area contributed by atoms with Crippen LogP contribution in [0, 0.1) is 0 Å². The third-order valence-corrected chi connectivity index (χ3v) is 4.77. The van der Waals surface area contributed by atoms with Crippen LogP contribution in [0.15, 0.2) is 47.8 Å². The molecule has 1 unspecified atom stereocenters. The van der Waals surface area contributed by atoms with Gasteiger partial charge in [-0.3, -0.25) is 9.69 Å². The normalized spacial score (nSPS) is 11.8. The molecule has 0 radical (unpaired) electrons. The Balaban J connectivity index is 0.00000288. The second-order valence-electron chi connectivity index (χ2n) is 5.61. The van der Waals surface area contributed by atoms with Gasteiger partial charge >= 0.3 is 0 Å². The molecule has 1 amide bonds. The van der Waals surface area contributed by atoms with E-state index in [0.717, 1.165) is 19.5 Å². The van der Waals surface area contributed by atoms with E-state index in [1.54, 1.807) is 11.3 Å². The summed E-state index contributed by atoms with van der Waals surface area (Å²) in [4.78, 5) is 15.5. The zero-order chi connectivity index (χ0) is 16.5. The van der Waals surface area contributed by atoms with Crippen molar-refractivity contribution in [1.82, 2.24) is 10.2 Å². The van der Waals surface area contributed by atoms with Gasteiger partial charge in [-0.1, -0.05) is 36.4 Å². The molecule has 0 bridgehead atoms. The van der Waals surface area contributed by atoms with Gasteiger partial charge < -0.3 is 11.1 Å². The first-order valence-corrected chi connectivity index (χ1v) is 8.86. The lowest BCUT2D eigenvalue weighted by atomic mass is 10.1. The summed E-state index contributed by atoms with van der Waals surface area (Å²) < 4.78 is 0. The lowest BCUT2D eigenvalue weighted by Crippen LogP contribution is -2.41. The molecule has 24 heavy (non-hydrogen) atoms. The summed E-state index contributed by atoms with van der Waals surface area (Å²) in [5.41, 5.74) is 6.96. The highest BCUT2D eigenvalue weighted by Crippen LogP contribution is 2.17. The summed E-state index contributed by atoms with van der Waals surface area (Å²) >= 11 is 1.66. The molecule has 1 heterocycles. The Morgan fingerprint density at radius 1 is 1.21 bits per heavy atom. The van der Waals surface area contributed by atoms with E-state index in [4.69, 9.17) is 5.73 Å². The SMILES string of the molecule is CC(NC(=O)CN(CCN)CCc1ccccc1)c1cccs1.Cl. The largest absolute Gasteiger partial charge is 0.348 e. The van der Waals surface area contributed by atoms with E-state index in [1.807, 2.05) is 42.6 Å². The van der Waals surface area contributed by atoms with E-state index < -0.39 is 0 Å². The molecule has 6 heteroatoms. The molecular formula is C18H26ClN3OS. The van der Waals surface area contributed by atoms with Crippen molar-refractivity contribution >= 4 is 29.7 Å². The van der Waals surface area contributed by atoms with Crippen molar-refractivity contribution in [1.29, 1.82) is 0 Å². The Labute approximate surface area is 154 Å². The molecule has 0 aliphatic heterocycles. The molecule has 3 N–H and O–H groups in total. The molecule has 0 aliphatic rings. The third-order valence-electron chi connectivity index (χ3n) is 3.72. The van der Waals surface area contributed by atoms with Gasteiger partial charge in [0, 0.05) is 24.5 Å². The summed E-state index contributed by atoms with van der Waals surface area (Å²) in [5.74, 6) is 0.0485. The molecule has 0 fully saturated rings. The van der Waals surface area contributed by atoms with Crippen molar-refractivity contribution in [3.05, 3.63) is 58.3 Å². The highest BCUT2D eigenvalue weighted by Gasteiger charge is 2.14. The van der Waals surface area contributed by atoms with Crippen LogP contribution in [-0.2, 0) is 11.2 Å². The van der Waals surface area contributed by atoms with Crippen molar-refractivity contribution < 1.29 is 4.79 Å². The topological polar surface area (TPSA) is 58.4 Å². The Hall–Kier alpha value is -1.40. The number of benzene rings is 1. The Kier molecular flexibility index (Phi) is 9.64. The van der Waals surface area contributed by atoms with Gasteiger partial charge in [-0.15, -0.1) is 23.7 Å². The van der Waals surface area contributed by atoms with Crippen LogP contribution in [0.2, 0.25) is 0 Å². The van der Waals surface area contributed by atoms with Crippen molar-refractivity contribution in [2.75, 3.05) is 26.2 Å². The number of carbonyl (C=O) groups excluding carboxylic acids is 1. The minimum absolute atomic E-state index is 0. The highest BCUT2D eigenvalue weighted by atomic mass is 35.5. The first-order valence-electron chi connectivity index (χ1n) is 7.98. The number of nitrogens with zero attached hydrogens (tertiary/aromatic N) is 1. The summed E-state index contributed by atoms with van der Waals surface area (Å²) in [6.45, 7) is 4.53. The molecule has 0 saturated heterocycles. The lowest BCUT2D eigenvalue weighted by Gasteiger charge is -2.22. The van der Waals surface area contributed by atoms with Crippen LogP contribution in [0.25, 0.3) is 0 Å². The van der Waals surface area contributed by atoms with Crippen LogP contribution in [0.3, 0.4) is 0 Å². The van der Waals surface area contributed by atoms with Crippen LogP contribution in [0.4, 0.5) is 0 Å². The smallest absolute Gasteiger partial charge is 0.234 e. The number of nitrogens with two attached hydrogens (primary N) is 1. The van der Waals surface area contributed by atoms with Crippen molar-refractivity contribution in [3.8, 4) is 0 Å². The molecule has 1 aromatic carbocycles. The summed E-state index contributed by atoms with van der Waals surface area (Å²) in [6, 6.07) is 14.4. The van der Waals surface area contributed by atoms with E-state index in [-0.39, 0.29) is 24.4 Å². The van der Waals surface area contributed by atoms with Gasteiger partial charge in [0.15, 0.2) is 0 Å². The van der Waals surface area contributed by atoms with E-state index in [9.17, 15) is 4.79 Å². The van der Waals surface area contributed by atoms with Crippen LogP contribution in [0.5, 0.6) is 0 Å². The molecular weight excluding hydrogens is 342 g/mol. The minimum Gasteiger partial charge on any atom is -0.348 e. The van der Waals surface area contributed by atoms with Crippen molar-refractivity contribution in [2.24, 2.45) is 5.73 Å². The highest BCUT2D eigenvalue weighted by molar-refractivity contribution is 7.10. The minimum atomic E-state index is 0. The number of hydrogen-bond acceptors (Lipinski definition) is 4. The zero-order valence-corrected chi connectivity index (χ0v) is 15.6. The predicted octanol–water partition coefficient (Wildman–Crippen LogP) is 2.85. The fourth-order valence-electron chi connectivity index (χ4n) is 2.48. The molecule has 2 rings (SSSR count). The number of nitrogens with one attached hydrogen (secondary N) is 1. The molecule has 1 atom stereocenters. The van der Waals surface area contributed by atoms with Gasteiger partial charge in [-0.05, 0) is 30.4 Å². The van der Waals surface area contributed by atoms with E-state index in [2.05, 4.69) is 22.3 Å². The first kappa shape index (κ1) is 20.6. The number of hydrogen-bond donors (Lipinski definition) is 2. The van der Waals surface area contributed by atoms with E-state index in [0.29, 0.717) is 13.1 Å². The van der Waals surface area contributed by atoms with Gasteiger partial charge in [0.1, 0.15) is 0 Å². The Morgan fingerprint density at radius 3 is 2.58 bits per heavy atom. The molecule has 0 spiro atoms. The average Bonchev–Trinajstić information content (AvgIpc) is 3.08. The number of carbonyl (C=O) groups is 1. The van der Waals surface area contributed by atoms with E-state index >= 15 is 0 Å². The monoisotopic (exact) mass is 367 g/mol. The zero-order valence-electron chi connectivity index (χ0n) is 14.0. The molecule has 0 saturated carbocycles. The van der Waals surface area contributed by atoms with Gasteiger partial charge in [0.05, 0.1) is 12.6 Å². The summed E-state index contributed by atoms with van der Waals surface area (Å²) in [6.07, 6.45) is 0.925. The molecule has 1 aromatic heterocycles. The summed E-state index contributed by atoms with van der Waals surface area (Å²) in [7, 11) is 0. The van der Waals surface area contributed by atoms with Crippen LogP contribution in [-0.4, -0.2) is 37.0 Å². The predicted molar refractivity (Wildman–Crippen MR) is 104 cm³/mol. The van der Waals surface area contributed by atoms with Gasteiger partial charge in [-0.25, -0.2) is 0 Å². The maximum atomic E-state index is 12.3. The standard InChI is InChI=1S/C18H25N3OS.ClH/c1-15(17-8-5-13-23-17)20-18(22)14-21(12-10-19)11-9-16-6-3-2-4-7-16;/h2-8,13,15H,9-12,14,19H2,1H3,(H,20,22);1H. The maximum Gasteiger partial charge on any atom is 0.234 e. The number of thiophene rings is 1. The quantitative estimate of drug-likeness (QED) is 0.716. The number of amides is 1. The van der Waals surface area contributed by atoms with Gasteiger partial charge in [0.25, 0.3) is 0 Å². The van der Waals surface area contributed by atoms with Crippen molar-refractivity contribution in [2.45, 2.75) is 19.4 Å². The average molecular weight is 368 g/mol. The van der Waals surface area contributed by atoms with Gasteiger partial charge in [0.2, 0.25) is 5.91 Å². The maximum absolute atomic E-state index is 12.3. The fourth-order valence-corrected chi connectivity index (χ4v) is 3.22. The summed E-state index contributed by atoms with van der Waals surface area (Å²) in [5, 5.41) is 5.08. The molecule has 0 aliphatic carbocycles. The van der Waals surface area contributed by atoms with Gasteiger partial charge in [-0.2, -0.15) is 0 Å². The second kappa shape index (κ2) is 11.2. The molecule has 4 nitrogen and oxygen atoms in total. The van der Waals surface area contributed by atoms with Crippen molar-refractivity contribution in [3.63, 3.8) is 0 Å². The van der Waals surface area contributed by atoms with Crippen LogP contribution < -0.4 is 11.1 Å². The van der Waals surface area contributed by atoms with Crippen LogP contribution in [0.1, 0.15) is 23.4 Å². The van der Waals surface area contributed by atoms with E-state index in [1.165, 1.54) is 10.4 Å². The third kappa shape index (κ3) is 7.01. The second-order valence-corrected chi connectivity index (χ2v) is 6.58. The number of halogens is 1. The molecule has 2 aromatic rings. The fraction of sp³-hybridized carbons (Fsp3) is 0.389. The Bertz CT molecular complexity index is 577. The first-order chi connectivity index (χ1) is 11.2. The van der Waals surface area contributed by atoms with Crippen LogP contribution >= 0.6 is 23.7 Å². The lowest BCUT2D eigenvalue weighted by molar-refractivity contribution is -0.122.